The van der Waals surface area contributed by atoms with Gasteiger partial charge in [0.1, 0.15) is 11.7 Å². The topological polar surface area (TPSA) is 67.9 Å². The zero-order chi connectivity index (χ0) is 19.4. The molecule has 6 nitrogen and oxygen atoms in total. The van der Waals surface area contributed by atoms with Gasteiger partial charge < -0.3 is 19.7 Å². The number of nitrogens with zero attached hydrogens (tertiary/aromatic N) is 1. The van der Waals surface area contributed by atoms with Crippen LogP contribution in [0.25, 0.3) is 0 Å². The number of carbonyl (C=O) groups is 2. The Morgan fingerprint density at radius 3 is 2.59 bits per heavy atom. The van der Waals surface area contributed by atoms with E-state index in [0.717, 1.165) is 5.56 Å². The van der Waals surface area contributed by atoms with Crippen LogP contribution in [0.1, 0.15) is 12.0 Å². The van der Waals surface area contributed by atoms with Crippen LogP contribution in [-0.4, -0.2) is 32.6 Å². The minimum absolute atomic E-state index is 0.222. The maximum atomic E-state index is 13.1. The van der Waals surface area contributed by atoms with Gasteiger partial charge in [0.2, 0.25) is 11.8 Å². The van der Waals surface area contributed by atoms with Crippen LogP contribution >= 0.6 is 0 Å². The Kier molecular flexibility index (Phi) is 5.59. The van der Waals surface area contributed by atoms with E-state index in [-0.39, 0.29) is 24.2 Å². The SMILES string of the molecule is COc1cccc(CNC(=O)[C@@H]2CCN(c3ccc(F)cc3)C2=O)c1OC. The summed E-state index contributed by atoms with van der Waals surface area (Å²) >= 11 is 0. The van der Waals surface area contributed by atoms with E-state index in [1.807, 2.05) is 6.07 Å². The Labute approximate surface area is 156 Å². The summed E-state index contributed by atoms with van der Waals surface area (Å²) in [7, 11) is 3.08. The van der Waals surface area contributed by atoms with E-state index in [1.54, 1.807) is 19.2 Å². The first-order valence-corrected chi connectivity index (χ1v) is 8.59. The van der Waals surface area contributed by atoms with E-state index >= 15 is 0 Å². The molecule has 2 aromatic carbocycles. The van der Waals surface area contributed by atoms with Crippen LogP contribution in [0.15, 0.2) is 42.5 Å². The molecule has 2 amide bonds. The van der Waals surface area contributed by atoms with E-state index in [1.165, 1.54) is 36.3 Å². The van der Waals surface area contributed by atoms with E-state index in [4.69, 9.17) is 9.47 Å². The summed E-state index contributed by atoms with van der Waals surface area (Å²) in [5.41, 5.74) is 1.34. The highest BCUT2D eigenvalue weighted by Gasteiger charge is 2.37. The Morgan fingerprint density at radius 2 is 1.93 bits per heavy atom. The number of benzene rings is 2. The number of ether oxygens (including phenoxy) is 2. The highest BCUT2D eigenvalue weighted by atomic mass is 19.1. The molecule has 0 bridgehead atoms. The monoisotopic (exact) mass is 372 g/mol. The lowest BCUT2D eigenvalue weighted by Gasteiger charge is -2.17. The van der Waals surface area contributed by atoms with Gasteiger partial charge in [0.05, 0.1) is 14.2 Å². The first-order valence-electron chi connectivity index (χ1n) is 8.59. The summed E-state index contributed by atoms with van der Waals surface area (Å²) in [5, 5.41) is 2.80. The van der Waals surface area contributed by atoms with Crippen LogP contribution in [0.5, 0.6) is 11.5 Å². The third-order valence-electron chi connectivity index (χ3n) is 4.60. The molecular formula is C20H21FN2O4. The smallest absolute Gasteiger partial charge is 0.239 e. The van der Waals surface area contributed by atoms with Gasteiger partial charge in [-0.05, 0) is 36.8 Å². The van der Waals surface area contributed by atoms with Crippen LogP contribution in [0.4, 0.5) is 10.1 Å². The maximum absolute atomic E-state index is 13.1. The molecule has 1 aliphatic heterocycles. The van der Waals surface area contributed by atoms with E-state index in [2.05, 4.69) is 5.32 Å². The van der Waals surface area contributed by atoms with Gasteiger partial charge in [-0.3, -0.25) is 9.59 Å². The molecule has 1 saturated heterocycles. The summed E-state index contributed by atoms with van der Waals surface area (Å²) in [6.45, 7) is 0.643. The largest absolute Gasteiger partial charge is 0.493 e. The van der Waals surface area contributed by atoms with Crippen molar-refractivity contribution in [3.63, 3.8) is 0 Å². The average molecular weight is 372 g/mol. The van der Waals surface area contributed by atoms with Gasteiger partial charge in [0.15, 0.2) is 11.5 Å². The normalized spacial score (nSPS) is 16.3. The second-order valence-electron chi connectivity index (χ2n) is 6.18. The van der Waals surface area contributed by atoms with Crippen LogP contribution in [0.2, 0.25) is 0 Å². The summed E-state index contributed by atoms with van der Waals surface area (Å²) in [4.78, 5) is 26.6. The number of methoxy groups -OCH3 is 2. The standard InChI is InChI=1S/C20H21FN2O4/c1-26-17-5-3-4-13(18(17)27-2)12-22-19(24)16-10-11-23(20(16)25)15-8-6-14(21)7-9-15/h3-9,16H,10-12H2,1-2H3,(H,22,24)/t16-/m0/s1. The molecule has 3 rings (SSSR count). The van der Waals surface area contributed by atoms with E-state index in [0.29, 0.717) is 30.2 Å². The molecule has 0 spiro atoms. The Hall–Kier alpha value is -3.09. The second kappa shape index (κ2) is 8.07. The number of carbonyl (C=O) groups excluding carboxylic acids is 2. The molecule has 0 aliphatic carbocycles. The van der Waals surface area contributed by atoms with Crippen molar-refractivity contribution < 1.29 is 23.5 Å². The highest BCUT2D eigenvalue weighted by Crippen LogP contribution is 2.31. The lowest BCUT2D eigenvalue weighted by atomic mass is 10.1. The molecule has 1 atom stereocenters. The lowest BCUT2D eigenvalue weighted by Crippen LogP contribution is -2.36. The Balaban J connectivity index is 1.66. The quantitative estimate of drug-likeness (QED) is 0.792. The fraction of sp³-hybridized carbons (Fsp3) is 0.300. The molecule has 0 unspecified atom stereocenters. The van der Waals surface area contributed by atoms with Crippen LogP contribution in [0, 0.1) is 11.7 Å². The molecule has 0 aromatic heterocycles. The van der Waals surface area contributed by atoms with Crippen LogP contribution < -0.4 is 19.7 Å². The number of para-hydroxylation sites is 1. The maximum Gasteiger partial charge on any atom is 0.239 e. The first-order chi connectivity index (χ1) is 13.0. The molecule has 7 heteroatoms. The van der Waals surface area contributed by atoms with Crippen molar-refractivity contribution in [3.8, 4) is 11.5 Å². The van der Waals surface area contributed by atoms with Crippen molar-refractivity contribution in [2.45, 2.75) is 13.0 Å². The van der Waals surface area contributed by atoms with Crippen molar-refractivity contribution in [1.82, 2.24) is 5.32 Å². The number of hydrogen-bond acceptors (Lipinski definition) is 4. The van der Waals surface area contributed by atoms with Crippen molar-refractivity contribution in [2.75, 3.05) is 25.7 Å². The van der Waals surface area contributed by atoms with E-state index < -0.39 is 5.92 Å². The van der Waals surface area contributed by atoms with Crippen LogP contribution in [0.3, 0.4) is 0 Å². The van der Waals surface area contributed by atoms with Gasteiger partial charge in [-0.1, -0.05) is 12.1 Å². The zero-order valence-electron chi connectivity index (χ0n) is 15.2. The molecule has 142 valence electrons. The number of anilines is 1. The van der Waals surface area contributed by atoms with E-state index in [9.17, 15) is 14.0 Å². The van der Waals surface area contributed by atoms with Gasteiger partial charge in [-0.25, -0.2) is 4.39 Å². The van der Waals surface area contributed by atoms with Crippen molar-refractivity contribution >= 4 is 17.5 Å². The molecule has 27 heavy (non-hydrogen) atoms. The summed E-state index contributed by atoms with van der Waals surface area (Å²) < 4.78 is 23.7. The number of nitrogens with one attached hydrogen (secondary N) is 1. The molecular weight excluding hydrogens is 351 g/mol. The predicted molar refractivity (Wildman–Crippen MR) is 98.3 cm³/mol. The number of rotatable bonds is 6. The first kappa shape index (κ1) is 18.7. The molecule has 0 saturated carbocycles. The van der Waals surface area contributed by atoms with Gasteiger partial charge >= 0.3 is 0 Å². The van der Waals surface area contributed by atoms with Crippen molar-refractivity contribution in [2.24, 2.45) is 5.92 Å². The predicted octanol–water partition coefficient (Wildman–Crippen LogP) is 2.51. The molecule has 1 heterocycles. The molecule has 1 fully saturated rings. The van der Waals surface area contributed by atoms with Gasteiger partial charge in [0.25, 0.3) is 0 Å². The minimum atomic E-state index is -0.758. The summed E-state index contributed by atoms with van der Waals surface area (Å²) in [6, 6.07) is 11.1. The molecule has 2 aromatic rings. The van der Waals surface area contributed by atoms with Crippen molar-refractivity contribution in [1.29, 1.82) is 0 Å². The molecule has 1 aliphatic rings. The third-order valence-corrected chi connectivity index (χ3v) is 4.60. The third kappa shape index (κ3) is 3.86. The van der Waals surface area contributed by atoms with Gasteiger partial charge in [-0.2, -0.15) is 0 Å². The van der Waals surface area contributed by atoms with Crippen molar-refractivity contribution in [3.05, 3.63) is 53.8 Å². The lowest BCUT2D eigenvalue weighted by molar-refractivity contribution is -0.132. The fourth-order valence-electron chi connectivity index (χ4n) is 3.20. The van der Waals surface area contributed by atoms with Gasteiger partial charge in [-0.15, -0.1) is 0 Å². The Bertz CT molecular complexity index is 838. The zero-order valence-corrected chi connectivity index (χ0v) is 15.2. The highest BCUT2D eigenvalue weighted by molar-refractivity contribution is 6.09. The number of hydrogen-bond donors (Lipinski definition) is 1. The number of amides is 2. The Morgan fingerprint density at radius 1 is 1.19 bits per heavy atom. The summed E-state index contributed by atoms with van der Waals surface area (Å²) in [5.74, 6) is -0.626. The summed E-state index contributed by atoms with van der Waals surface area (Å²) in [6.07, 6.45) is 0.414. The average Bonchev–Trinajstić information content (AvgIpc) is 3.07. The molecule has 0 radical (unpaired) electrons. The fourth-order valence-corrected chi connectivity index (χ4v) is 3.20. The second-order valence-corrected chi connectivity index (χ2v) is 6.18. The molecule has 1 N–H and O–H groups in total. The number of halogens is 1. The minimum Gasteiger partial charge on any atom is -0.493 e. The van der Waals surface area contributed by atoms with Gasteiger partial charge in [0, 0.05) is 24.3 Å². The van der Waals surface area contributed by atoms with Crippen LogP contribution in [-0.2, 0) is 16.1 Å².